The first-order chi connectivity index (χ1) is 8.16. The lowest BCUT2D eigenvalue weighted by Gasteiger charge is -2.08. The van der Waals surface area contributed by atoms with Gasteiger partial charge in [0.25, 0.3) is 5.91 Å². The molecule has 0 atom stereocenters. The molecule has 0 aromatic heterocycles. The molecule has 1 aromatic carbocycles. The van der Waals surface area contributed by atoms with Crippen LogP contribution in [0.5, 0.6) is 11.5 Å². The quantitative estimate of drug-likeness (QED) is 0.680. The van der Waals surface area contributed by atoms with E-state index in [-0.39, 0.29) is 17.1 Å². The van der Waals surface area contributed by atoms with Gasteiger partial charge in [0, 0.05) is 12.3 Å². The van der Waals surface area contributed by atoms with Gasteiger partial charge >= 0.3 is 0 Å². The van der Waals surface area contributed by atoms with Crippen molar-refractivity contribution in [3.05, 3.63) is 23.8 Å². The number of hydrogen-bond acceptors (Lipinski definition) is 4. The van der Waals surface area contributed by atoms with E-state index in [2.05, 4.69) is 12.2 Å². The maximum Gasteiger partial charge on any atom is 0.258 e. The smallest absolute Gasteiger partial charge is 0.258 e. The van der Waals surface area contributed by atoms with Crippen molar-refractivity contribution in [1.82, 2.24) is 5.32 Å². The highest BCUT2D eigenvalue weighted by Crippen LogP contribution is 2.25. The molecule has 0 saturated carbocycles. The van der Waals surface area contributed by atoms with E-state index in [1.165, 1.54) is 18.2 Å². The zero-order valence-corrected chi connectivity index (χ0v) is 10.6. The summed E-state index contributed by atoms with van der Waals surface area (Å²) in [5.74, 6) is 1.04. The van der Waals surface area contributed by atoms with Crippen LogP contribution in [0.3, 0.4) is 0 Å². The molecule has 0 spiro atoms. The highest BCUT2D eigenvalue weighted by atomic mass is 32.2. The van der Waals surface area contributed by atoms with Gasteiger partial charge in [-0.2, -0.15) is 11.8 Å². The molecule has 0 heterocycles. The Morgan fingerprint density at radius 2 is 1.94 bits per heavy atom. The van der Waals surface area contributed by atoms with E-state index in [1.54, 1.807) is 11.8 Å². The summed E-state index contributed by atoms with van der Waals surface area (Å²) < 4.78 is 0. The molecule has 0 unspecified atom stereocenters. The summed E-state index contributed by atoms with van der Waals surface area (Å²) in [5.41, 5.74) is -0.0620. The van der Waals surface area contributed by atoms with Gasteiger partial charge in [-0.1, -0.05) is 13.0 Å². The van der Waals surface area contributed by atoms with Gasteiger partial charge in [-0.05, 0) is 24.3 Å². The topological polar surface area (TPSA) is 69.6 Å². The second-order valence-electron chi connectivity index (χ2n) is 3.54. The lowest BCUT2D eigenvalue weighted by atomic mass is 10.1. The van der Waals surface area contributed by atoms with Crippen LogP contribution in [0.15, 0.2) is 18.2 Å². The van der Waals surface area contributed by atoms with E-state index in [9.17, 15) is 15.0 Å². The molecular formula is C12H17NO3S. The van der Waals surface area contributed by atoms with Gasteiger partial charge in [-0.15, -0.1) is 0 Å². The van der Waals surface area contributed by atoms with Crippen LogP contribution in [0.2, 0.25) is 0 Å². The highest BCUT2D eigenvalue weighted by molar-refractivity contribution is 7.99. The molecule has 1 amide bonds. The van der Waals surface area contributed by atoms with Crippen molar-refractivity contribution in [2.24, 2.45) is 0 Å². The average Bonchev–Trinajstić information content (AvgIpc) is 2.28. The fourth-order valence-electron chi connectivity index (χ4n) is 1.33. The molecule has 1 aromatic rings. The predicted molar refractivity (Wildman–Crippen MR) is 69.7 cm³/mol. The Hall–Kier alpha value is -1.36. The molecule has 17 heavy (non-hydrogen) atoms. The number of carbonyl (C=O) groups excluding carboxylic acids is 1. The third-order valence-corrected chi connectivity index (χ3v) is 3.32. The summed E-state index contributed by atoms with van der Waals surface area (Å²) in [4.78, 5) is 11.7. The second kappa shape index (κ2) is 7.06. The van der Waals surface area contributed by atoms with Gasteiger partial charge in [-0.3, -0.25) is 4.79 Å². The van der Waals surface area contributed by atoms with Crippen LogP contribution in [0.4, 0.5) is 0 Å². The SMILES string of the molecule is CCCSCCNC(=O)c1c(O)cccc1O. The number of hydrogen-bond donors (Lipinski definition) is 3. The number of nitrogens with one attached hydrogen (secondary N) is 1. The monoisotopic (exact) mass is 255 g/mol. The molecule has 0 saturated heterocycles. The van der Waals surface area contributed by atoms with Crippen LogP contribution in [-0.4, -0.2) is 34.2 Å². The molecule has 0 bridgehead atoms. The van der Waals surface area contributed by atoms with E-state index in [1.807, 2.05) is 0 Å². The number of aromatic hydroxyl groups is 2. The summed E-state index contributed by atoms with van der Waals surface area (Å²) in [5, 5.41) is 21.6. The number of phenols is 2. The third kappa shape index (κ3) is 4.19. The van der Waals surface area contributed by atoms with Crippen LogP contribution in [0, 0.1) is 0 Å². The second-order valence-corrected chi connectivity index (χ2v) is 4.76. The number of benzene rings is 1. The summed E-state index contributed by atoms with van der Waals surface area (Å²) in [6, 6.07) is 4.24. The maximum atomic E-state index is 11.7. The van der Waals surface area contributed by atoms with E-state index >= 15 is 0 Å². The fourth-order valence-corrected chi connectivity index (χ4v) is 2.07. The minimum absolute atomic E-state index is 0.0620. The molecule has 94 valence electrons. The molecule has 0 aliphatic carbocycles. The standard InChI is InChI=1S/C12H17NO3S/c1-2-7-17-8-6-13-12(16)11-9(14)4-3-5-10(11)15/h3-5,14-15H,2,6-8H2,1H3,(H,13,16). The summed E-state index contributed by atoms with van der Waals surface area (Å²) in [6.45, 7) is 2.63. The van der Waals surface area contributed by atoms with Crippen molar-refractivity contribution in [2.45, 2.75) is 13.3 Å². The van der Waals surface area contributed by atoms with Gasteiger partial charge in [-0.25, -0.2) is 0 Å². The molecule has 5 heteroatoms. The van der Waals surface area contributed by atoms with Gasteiger partial charge < -0.3 is 15.5 Å². The number of carbonyl (C=O) groups is 1. The van der Waals surface area contributed by atoms with E-state index in [0.717, 1.165) is 17.9 Å². The van der Waals surface area contributed by atoms with Crippen molar-refractivity contribution in [3.8, 4) is 11.5 Å². The van der Waals surface area contributed by atoms with Crippen molar-refractivity contribution < 1.29 is 15.0 Å². The van der Waals surface area contributed by atoms with Crippen LogP contribution in [0.1, 0.15) is 23.7 Å². The van der Waals surface area contributed by atoms with Crippen LogP contribution in [-0.2, 0) is 0 Å². The first-order valence-electron chi connectivity index (χ1n) is 5.53. The predicted octanol–water partition coefficient (Wildman–Crippen LogP) is 1.97. The third-order valence-electron chi connectivity index (χ3n) is 2.13. The Morgan fingerprint density at radius 1 is 1.29 bits per heavy atom. The maximum absolute atomic E-state index is 11.7. The summed E-state index contributed by atoms with van der Waals surface area (Å²) in [7, 11) is 0. The highest BCUT2D eigenvalue weighted by Gasteiger charge is 2.14. The Morgan fingerprint density at radius 3 is 2.53 bits per heavy atom. The zero-order chi connectivity index (χ0) is 12.7. The van der Waals surface area contributed by atoms with E-state index in [4.69, 9.17) is 0 Å². The van der Waals surface area contributed by atoms with E-state index in [0.29, 0.717) is 6.54 Å². The van der Waals surface area contributed by atoms with Crippen molar-refractivity contribution in [3.63, 3.8) is 0 Å². The minimum Gasteiger partial charge on any atom is -0.507 e. The first kappa shape index (κ1) is 13.7. The normalized spacial score (nSPS) is 10.2. The van der Waals surface area contributed by atoms with Gasteiger partial charge in [0.15, 0.2) is 0 Å². The van der Waals surface area contributed by atoms with Gasteiger partial charge in [0.1, 0.15) is 17.1 Å². The lowest BCUT2D eigenvalue weighted by molar-refractivity contribution is 0.0950. The zero-order valence-electron chi connectivity index (χ0n) is 9.77. The lowest BCUT2D eigenvalue weighted by Crippen LogP contribution is -2.26. The van der Waals surface area contributed by atoms with Crippen molar-refractivity contribution >= 4 is 17.7 Å². The van der Waals surface area contributed by atoms with Gasteiger partial charge in [0.2, 0.25) is 0 Å². The van der Waals surface area contributed by atoms with Crippen LogP contribution < -0.4 is 5.32 Å². The van der Waals surface area contributed by atoms with Gasteiger partial charge in [0.05, 0.1) is 0 Å². The summed E-state index contributed by atoms with van der Waals surface area (Å²) in [6.07, 6.45) is 1.11. The Bertz CT molecular complexity index is 362. The van der Waals surface area contributed by atoms with Crippen molar-refractivity contribution in [2.75, 3.05) is 18.1 Å². The molecule has 0 fully saturated rings. The number of rotatable bonds is 6. The molecule has 0 radical (unpaired) electrons. The Labute approximate surface area is 105 Å². The number of amides is 1. The van der Waals surface area contributed by atoms with Crippen molar-refractivity contribution in [1.29, 1.82) is 0 Å². The molecular weight excluding hydrogens is 238 g/mol. The van der Waals surface area contributed by atoms with Crippen LogP contribution >= 0.6 is 11.8 Å². The molecule has 0 aliphatic rings. The first-order valence-corrected chi connectivity index (χ1v) is 6.69. The number of thioether (sulfide) groups is 1. The molecule has 1 rings (SSSR count). The summed E-state index contributed by atoms with van der Waals surface area (Å²) >= 11 is 1.76. The Kier molecular flexibility index (Phi) is 5.69. The molecule has 3 N–H and O–H groups in total. The van der Waals surface area contributed by atoms with E-state index < -0.39 is 5.91 Å². The Balaban J connectivity index is 2.47. The molecule has 0 aliphatic heterocycles. The minimum atomic E-state index is -0.447. The average molecular weight is 255 g/mol. The van der Waals surface area contributed by atoms with Crippen LogP contribution in [0.25, 0.3) is 0 Å². The largest absolute Gasteiger partial charge is 0.507 e. The fraction of sp³-hybridized carbons (Fsp3) is 0.417. The molecule has 4 nitrogen and oxygen atoms in total. The number of phenolic OH excluding ortho intramolecular Hbond substituents is 2.